The topological polar surface area (TPSA) is 34.1 Å². The average molecular weight is 362 g/mol. The monoisotopic (exact) mass is 362 g/mol. The van der Waals surface area contributed by atoms with E-state index in [4.69, 9.17) is 0 Å². The number of halogens is 6. The zero-order valence-corrected chi connectivity index (χ0v) is 12.3. The van der Waals surface area contributed by atoms with Gasteiger partial charge in [0.1, 0.15) is 0 Å². The molecule has 0 bridgehead atoms. The highest BCUT2D eigenvalue weighted by Crippen LogP contribution is 2.28. The number of alkyl halides is 6. The Morgan fingerprint density at radius 3 is 1.50 bits per heavy atom. The Bertz CT molecular complexity index is 508. The molecule has 0 heterocycles. The molecule has 0 aliphatic carbocycles. The maximum Gasteiger partial charge on any atom is 0.460 e. The molecule has 0 radical (unpaired) electrons. The van der Waals surface area contributed by atoms with Crippen LogP contribution in [0.1, 0.15) is 11.1 Å². The van der Waals surface area contributed by atoms with Crippen molar-refractivity contribution in [3.8, 4) is 0 Å². The lowest BCUT2D eigenvalue weighted by Crippen LogP contribution is -2.19. The first-order chi connectivity index (χ1) is 10.00. The number of carbonyl (C=O) groups excluding carboxylic acids is 2. The highest BCUT2D eigenvalue weighted by Gasteiger charge is 2.39. The normalized spacial score (nSPS) is 12.3. The van der Waals surface area contributed by atoms with Crippen LogP contribution in [0.15, 0.2) is 24.3 Å². The van der Waals surface area contributed by atoms with Crippen molar-refractivity contribution in [2.24, 2.45) is 0 Å². The van der Waals surface area contributed by atoms with Crippen LogP contribution in [0.5, 0.6) is 0 Å². The van der Waals surface area contributed by atoms with Gasteiger partial charge in [0.05, 0.1) is 0 Å². The standard InChI is InChI=1S/C12H8F6O2S2/c13-11(14,15)9(19)21-5-7-2-1-3-8(4-7)6-22-10(20)12(16,17)18/h1-4H,5-6H2. The van der Waals surface area contributed by atoms with Crippen LogP contribution in [0, 0.1) is 0 Å². The molecule has 1 aromatic rings. The van der Waals surface area contributed by atoms with Crippen LogP contribution < -0.4 is 0 Å². The summed E-state index contributed by atoms with van der Waals surface area (Å²) in [5, 5.41) is -3.89. The van der Waals surface area contributed by atoms with E-state index in [-0.39, 0.29) is 35.0 Å². The summed E-state index contributed by atoms with van der Waals surface area (Å²) in [5.41, 5.74) is 0.695. The molecular formula is C12H8F6O2S2. The van der Waals surface area contributed by atoms with E-state index in [1.54, 1.807) is 0 Å². The zero-order chi connectivity index (χ0) is 17.0. The molecule has 0 fully saturated rings. The summed E-state index contributed by atoms with van der Waals surface area (Å²) in [6, 6.07) is 5.67. The summed E-state index contributed by atoms with van der Waals surface area (Å²) in [6.07, 6.45) is -9.87. The molecule has 0 aliphatic heterocycles. The fraction of sp³-hybridized carbons (Fsp3) is 0.333. The first-order valence-electron chi connectivity index (χ1n) is 5.56. The van der Waals surface area contributed by atoms with Gasteiger partial charge in [0.25, 0.3) is 10.2 Å². The fourth-order valence-corrected chi connectivity index (χ4v) is 2.55. The molecule has 0 unspecified atom stereocenters. The number of rotatable bonds is 4. The van der Waals surface area contributed by atoms with Gasteiger partial charge in [-0.1, -0.05) is 47.8 Å². The highest BCUT2D eigenvalue weighted by molar-refractivity contribution is 8.13. The van der Waals surface area contributed by atoms with Gasteiger partial charge >= 0.3 is 12.4 Å². The van der Waals surface area contributed by atoms with Gasteiger partial charge < -0.3 is 0 Å². The van der Waals surface area contributed by atoms with Crippen molar-refractivity contribution in [1.82, 2.24) is 0 Å². The second-order valence-electron chi connectivity index (χ2n) is 3.97. The van der Waals surface area contributed by atoms with E-state index >= 15 is 0 Å². The van der Waals surface area contributed by atoms with Gasteiger partial charge in [-0.05, 0) is 11.1 Å². The van der Waals surface area contributed by atoms with Crippen molar-refractivity contribution in [2.75, 3.05) is 0 Å². The Labute approximate surface area is 129 Å². The van der Waals surface area contributed by atoms with E-state index in [1.165, 1.54) is 24.3 Å². The van der Waals surface area contributed by atoms with Crippen LogP contribution in [-0.2, 0) is 21.1 Å². The third-order valence-electron chi connectivity index (χ3n) is 2.19. The smallest absolute Gasteiger partial charge is 0.277 e. The van der Waals surface area contributed by atoms with Crippen LogP contribution in [0.25, 0.3) is 0 Å². The fourth-order valence-electron chi connectivity index (χ4n) is 1.27. The average Bonchev–Trinajstić information content (AvgIpc) is 2.40. The maximum absolute atomic E-state index is 12.0. The summed E-state index contributed by atoms with van der Waals surface area (Å²) in [5.74, 6) is -0.520. The van der Waals surface area contributed by atoms with Crippen LogP contribution in [0.2, 0.25) is 0 Å². The van der Waals surface area contributed by atoms with Crippen LogP contribution >= 0.6 is 23.5 Å². The SMILES string of the molecule is O=C(SCc1cccc(CSC(=O)C(F)(F)F)c1)C(F)(F)F. The summed E-state index contributed by atoms with van der Waals surface area (Å²) < 4.78 is 72.2. The van der Waals surface area contributed by atoms with Gasteiger partial charge in [0.15, 0.2) is 0 Å². The minimum atomic E-state index is -4.93. The van der Waals surface area contributed by atoms with Crippen LogP contribution in [-0.4, -0.2) is 22.6 Å². The lowest BCUT2D eigenvalue weighted by molar-refractivity contribution is -0.160. The summed E-state index contributed by atoms with van der Waals surface area (Å²) in [6.45, 7) is 0. The predicted octanol–water partition coefficient (Wildman–Crippen LogP) is 4.33. The molecule has 0 saturated heterocycles. The van der Waals surface area contributed by atoms with Gasteiger partial charge in [0.2, 0.25) is 0 Å². The molecule has 122 valence electrons. The number of benzene rings is 1. The largest absolute Gasteiger partial charge is 0.460 e. The first kappa shape index (κ1) is 18.9. The molecule has 0 N–H and O–H groups in total. The molecule has 0 spiro atoms. The summed E-state index contributed by atoms with van der Waals surface area (Å²) in [4.78, 5) is 21.4. The van der Waals surface area contributed by atoms with Crippen molar-refractivity contribution in [3.63, 3.8) is 0 Å². The highest BCUT2D eigenvalue weighted by atomic mass is 32.2. The molecule has 0 amide bonds. The lowest BCUT2D eigenvalue weighted by Gasteiger charge is -2.07. The number of thioether (sulfide) groups is 2. The van der Waals surface area contributed by atoms with Gasteiger partial charge in [-0.15, -0.1) is 0 Å². The van der Waals surface area contributed by atoms with Crippen LogP contribution in [0.4, 0.5) is 26.3 Å². The molecule has 22 heavy (non-hydrogen) atoms. The molecule has 2 nitrogen and oxygen atoms in total. The molecule has 0 aliphatic rings. The number of carbonyl (C=O) groups is 2. The van der Waals surface area contributed by atoms with E-state index in [2.05, 4.69) is 0 Å². The van der Waals surface area contributed by atoms with Crippen molar-refractivity contribution < 1.29 is 35.9 Å². The molecule has 0 atom stereocenters. The van der Waals surface area contributed by atoms with E-state index in [0.717, 1.165) is 0 Å². The van der Waals surface area contributed by atoms with Gasteiger partial charge in [0, 0.05) is 11.5 Å². The molecule has 1 aromatic carbocycles. The molecule has 10 heteroatoms. The zero-order valence-electron chi connectivity index (χ0n) is 10.6. The van der Waals surface area contributed by atoms with Crippen molar-refractivity contribution in [2.45, 2.75) is 23.9 Å². The summed E-state index contributed by atoms with van der Waals surface area (Å²) >= 11 is 0.112. The quantitative estimate of drug-likeness (QED) is 0.747. The Balaban J connectivity index is 2.60. The van der Waals surface area contributed by atoms with E-state index in [0.29, 0.717) is 11.1 Å². The van der Waals surface area contributed by atoms with Crippen LogP contribution in [0.3, 0.4) is 0 Å². The number of hydrogen-bond donors (Lipinski definition) is 0. The van der Waals surface area contributed by atoms with Gasteiger partial charge in [-0.3, -0.25) is 9.59 Å². The molecule has 0 saturated carbocycles. The van der Waals surface area contributed by atoms with E-state index in [1.807, 2.05) is 0 Å². The second kappa shape index (κ2) is 7.40. The number of hydrogen-bond acceptors (Lipinski definition) is 4. The molecular weight excluding hydrogens is 354 g/mol. The first-order valence-corrected chi connectivity index (χ1v) is 7.53. The Morgan fingerprint density at radius 1 is 0.818 bits per heavy atom. The minimum Gasteiger partial charge on any atom is -0.277 e. The minimum absolute atomic E-state index is 0.0562. The maximum atomic E-state index is 12.0. The van der Waals surface area contributed by atoms with E-state index in [9.17, 15) is 35.9 Å². The third kappa shape index (κ3) is 6.30. The predicted molar refractivity (Wildman–Crippen MR) is 71.2 cm³/mol. The van der Waals surface area contributed by atoms with Crippen molar-refractivity contribution in [3.05, 3.63) is 35.4 Å². The lowest BCUT2D eigenvalue weighted by atomic mass is 10.2. The second-order valence-corrected chi connectivity index (χ2v) is 5.86. The van der Waals surface area contributed by atoms with Crippen molar-refractivity contribution >= 4 is 33.8 Å². The van der Waals surface area contributed by atoms with E-state index < -0.39 is 22.6 Å². The molecule has 0 aromatic heterocycles. The Hall–Kier alpha value is -1.16. The van der Waals surface area contributed by atoms with Crippen molar-refractivity contribution in [1.29, 1.82) is 0 Å². The third-order valence-corrected chi connectivity index (χ3v) is 4.14. The van der Waals surface area contributed by atoms with Gasteiger partial charge in [-0.2, -0.15) is 26.3 Å². The van der Waals surface area contributed by atoms with Gasteiger partial charge in [-0.25, -0.2) is 0 Å². The molecule has 1 rings (SSSR count). The Morgan fingerprint density at radius 2 is 1.18 bits per heavy atom. The Kier molecular flexibility index (Phi) is 6.36. The summed E-state index contributed by atoms with van der Waals surface area (Å²) in [7, 11) is 0.